The Morgan fingerprint density at radius 1 is 1.00 bits per heavy atom. The second-order valence-electron chi connectivity index (χ2n) is 4.55. The molecule has 2 rings (SSSR count). The molecule has 3 N–H and O–H groups in total. The molecule has 0 aliphatic rings. The van der Waals surface area contributed by atoms with E-state index >= 15 is 0 Å². The van der Waals surface area contributed by atoms with E-state index in [0.717, 1.165) is 5.56 Å². The number of hydrogen-bond donors (Lipinski definition) is 2. The normalized spacial score (nSPS) is 11.3. The predicted molar refractivity (Wildman–Crippen MR) is 82.6 cm³/mol. The summed E-state index contributed by atoms with van der Waals surface area (Å²) in [5.74, 6) is 0. The molecule has 0 saturated heterocycles. The second-order valence-corrected chi connectivity index (χ2v) is 6.61. The van der Waals surface area contributed by atoms with Gasteiger partial charge in [-0.2, -0.15) is 0 Å². The highest BCUT2D eigenvalue weighted by molar-refractivity contribution is 7.93. The number of aryl methyl sites for hydroxylation is 2. The fraction of sp³-hybridized carbons (Fsp3) is 0.143. The summed E-state index contributed by atoms with van der Waals surface area (Å²) in [5.41, 5.74) is 7.95. The Morgan fingerprint density at radius 3 is 2.15 bits per heavy atom. The molecule has 106 valence electrons. The molecule has 0 amide bonds. The third-order valence-electron chi connectivity index (χ3n) is 2.98. The van der Waals surface area contributed by atoms with E-state index < -0.39 is 10.0 Å². The minimum Gasteiger partial charge on any atom is -0.397 e. The molecule has 0 aromatic heterocycles. The number of hydrogen-bond acceptors (Lipinski definition) is 3. The van der Waals surface area contributed by atoms with E-state index in [1.165, 1.54) is 0 Å². The van der Waals surface area contributed by atoms with E-state index in [0.29, 0.717) is 16.3 Å². The van der Waals surface area contributed by atoms with Crippen molar-refractivity contribution in [1.82, 2.24) is 0 Å². The molecular formula is C14H15ClN2O2S. The predicted octanol–water partition coefficient (Wildman–Crippen LogP) is 3.34. The van der Waals surface area contributed by atoms with Gasteiger partial charge in [-0.1, -0.05) is 23.7 Å². The van der Waals surface area contributed by atoms with Crippen molar-refractivity contribution in [3.8, 4) is 0 Å². The summed E-state index contributed by atoms with van der Waals surface area (Å²) < 4.78 is 27.4. The number of sulfonamides is 1. The summed E-state index contributed by atoms with van der Waals surface area (Å²) in [6.45, 7) is 3.49. The molecule has 0 saturated carbocycles. The Morgan fingerprint density at radius 2 is 1.55 bits per heavy atom. The number of nitrogens with two attached hydrogens (primary N) is 1. The van der Waals surface area contributed by atoms with Crippen LogP contribution in [-0.4, -0.2) is 8.42 Å². The quantitative estimate of drug-likeness (QED) is 0.854. The number of halogens is 1. The molecule has 0 heterocycles. The lowest BCUT2D eigenvalue weighted by atomic mass is 10.1. The van der Waals surface area contributed by atoms with Gasteiger partial charge in [0.05, 0.1) is 5.69 Å². The maximum atomic E-state index is 12.5. The fourth-order valence-corrected chi connectivity index (χ4v) is 3.50. The molecule has 0 fully saturated rings. The maximum Gasteiger partial charge on any atom is 0.264 e. The number of nitrogens with one attached hydrogen (secondary N) is 1. The molecule has 0 unspecified atom stereocenters. The van der Waals surface area contributed by atoms with Gasteiger partial charge in [0.2, 0.25) is 0 Å². The van der Waals surface area contributed by atoms with Gasteiger partial charge in [-0.05, 0) is 49.2 Å². The van der Waals surface area contributed by atoms with Crippen molar-refractivity contribution in [1.29, 1.82) is 0 Å². The zero-order chi connectivity index (χ0) is 14.9. The minimum atomic E-state index is -3.73. The first-order chi connectivity index (χ1) is 9.31. The average Bonchev–Trinajstić information content (AvgIpc) is 2.37. The first-order valence-electron chi connectivity index (χ1n) is 5.95. The summed E-state index contributed by atoms with van der Waals surface area (Å²) in [6.07, 6.45) is 0. The number of nitrogen functional groups attached to an aromatic ring is 1. The van der Waals surface area contributed by atoms with E-state index in [-0.39, 0.29) is 10.6 Å². The Bertz CT molecular complexity index is 741. The van der Waals surface area contributed by atoms with E-state index in [2.05, 4.69) is 4.72 Å². The van der Waals surface area contributed by atoms with Gasteiger partial charge in [-0.3, -0.25) is 4.72 Å². The molecule has 20 heavy (non-hydrogen) atoms. The van der Waals surface area contributed by atoms with Gasteiger partial charge in [-0.25, -0.2) is 8.42 Å². The zero-order valence-corrected chi connectivity index (χ0v) is 12.7. The molecular weight excluding hydrogens is 296 g/mol. The number of anilines is 2. The largest absolute Gasteiger partial charge is 0.397 e. The molecule has 4 nitrogen and oxygen atoms in total. The lowest BCUT2D eigenvalue weighted by Crippen LogP contribution is -2.16. The topological polar surface area (TPSA) is 72.2 Å². The lowest BCUT2D eigenvalue weighted by molar-refractivity contribution is 0.601. The van der Waals surface area contributed by atoms with E-state index in [4.69, 9.17) is 17.3 Å². The standard InChI is InChI=1S/C14H15ClN2O2S/c1-9-3-4-10(2)14(13(9)16)20(18,19)17-12-7-5-11(15)6-8-12/h3-8,17H,16H2,1-2H3. The average molecular weight is 311 g/mol. The Kier molecular flexibility index (Phi) is 3.92. The SMILES string of the molecule is Cc1ccc(C)c(S(=O)(=O)Nc2ccc(Cl)cc2)c1N. The molecule has 2 aromatic rings. The minimum absolute atomic E-state index is 0.118. The van der Waals surface area contributed by atoms with Gasteiger partial charge in [-0.15, -0.1) is 0 Å². The van der Waals surface area contributed by atoms with Crippen LogP contribution in [0.5, 0.6) is 0 Å². The molecule has 0 aliphatic carbocycles. The van der Waals surface area contributed by atoms with Crippen molar-refractivity contribution >= 4 is 33.0 Å². The van der Waals surface area contributed by atoms with Crippen molar-refractivity contribution in [2.45, 2.75) is 18.7 Å². The van der Waals surface area contributed by atoms with Crippen LogP contribution in [0, 0.1) is 13.8 Å². The fourth-order valence-electron chi connectivity index (χ4n) is 1.89. The van der Waals surface area contributed by atoms with Gasteiger partial charge in [0.25, 0.3) is 10.0 Å². The molecule has 0 atom stereocenters. The highest BCUT2D eigenvalue weighted by Crippen LogP contribution is 2.28. The smallest absolute Gasteiger partial charge is 0.264 e. The van der Waals surface area contributed by atoms with Crippen LogP contribution in [0.4, 0.5) is 11.4 Å². The summed E-state index contributed by atoms with van der Waals surface area (Å²) in [4.78, 5) is 0.118. The molecule has 0 aliphatic heterocycles. The van der Waals surface area contributed by atoms with Crippen molar-refractivity contribution < 1.29 is 8.42 Å². The molecule has 2 aromatic carbocycles. The van der Waals surface area contributed by atoms with Crippen molar-refractivity contribution in [3.05, 3.63) is 52.5 Å². The van der Waals surface area contributed by atoms with Gasteiger partial charge >= 0.3 is 0 Å². The van der Waals surface area contributed by atoms with Gasteiger partial charge in [0, 0.05) is 10.7 Å². The third kappa shape index (κ3) is 2.89. The van der Waals surface area contributed by atoms with Crippen LogP contribution >= 0.6 is 11.6 Å². The lowest BCUT2D eigenvalue weighted by Gasteiger charge is -2.14. The summed E-state index contributed by atoms with van der Waals surface area (Å²) in [6, 6.07) is 9.97. The van der Waals surface area contributed by atoms with E-state index in [9.17, 15) is 8.42 Å². The van der Waals surface area contributed by atoms with E-state index in [1.54, 1.807) is 50.2 Å². The van der Waals surface area contributed by atoms with Crippen LogP contribution in [0.2, 0.25) is 5.02 Å². The number of benzene rings is 2. The first kappa shape index (κ1) is 14.7. The summed E-state index contributed by atoms with van der Waals surface area (Å²) in [5, 5.41) is 0.541. The van der Waals surface area contributed by atoms with Crippen molar-refractivity contribution in [2.24, 2.45) is 0 Å². The molecule has 0 spiro atoms. The van der Waals surface area contributed by atoms with Crippen LogP contribution in [0.3, 0.4) is 0 Å². The molecule has 0 radical (unpaired) electrons. The van der Waals surface area contributed by atoms with Crippen molar-refractivity contribution in [2.75, 3.05) is 10.5 Å². The van der Waals surface area contributed by atoms with Gasteiger partial charge in [0.15, 0.2) is 0 Å². The number of rotatable bonds is 3. The highest BCUT2D eigenvalue weighted by Gasteiger charge is 2.21. The first-order valence-corrected chi connectivity index (χ1v) is 7.81. The molecule has 0 bridgehead atoms. The van der Waals surface area contributed by atoms with Gasteiger partial charge in [0.1, 0.15) is 4.90 Å². The molecule has 6 heteroatoms. The van der Waals surface area contributed by atoms with Crippen LogP contribution in [0.25, 0.3) is 0 Å². The highest BCUT2D eigenvalue weighted by atomic mass is 35.5. The Hall–Kier alpha value is -1.72. The van der Waals surface area contributed by atoms with Crippen LogP contribution in [0.1, 0.15) is 11.1 Å². The second kappa shape index (κ2) is 5.34. The van der Waals surface area contributed by atoms with Gasteiger partial charge < -0.3 is 5.73 Å². The summed E-state index contributed by atoms with van der Waals surface area (Å²) >= 11 is 5.77. The van der Waals surface area contributed by atoms with Crippen LogP contribution in [-0.2, 0) is 10.0 Å². The zero-order valence-electron chi connectivity index (χ0n) is 11.1. The van der Waals surface area contributed by atoms with E-state index in [1.807, 2.05) is 0 Å². The maximum absolute atomic E-state index is 12.5. The van der Waals surface area contributed by atoms with Crippen LogP contribution in [0.15, 0.2) is 41.3 Å². The van der Waals surface area contributed by atoms with Crippen molar-refractivity contribution in [3.63, 3.8) is 0 Å². The summed E-state index contributed by atoms with van der Waals surface area (Å²) in [7, 11) is -3.73. The Balaban J connectivity index is 2.46. The van der Waals surface area contributed by atoms with Crippen LogP contribution < -0.4 is 10.5 Å². The third-order valence-corrected chi connectivity index (χ3v) is 4.81. The Labute approximate surface area is 123 Å². The monoisotopic (exact) mass is 310 g/mol.